The Morgan fingerprint density at radius 1 is 0.840 bits per heavy atom. The van der Waals surface area contributed by atoms with Crippen LogP contribution >= 0.6 is 0 Å². The molecule has 0 amide bonds. The van der Waals surface area contributed by atoms with Crippen LogP contribution in [0.25, 0.3) is 0 Å². The van der Waals surface area contributed by atoms with Gasteiger partial charge in [-0.1, -0.05) is 40.0 Å². The second kappa shape index (κ2) is 12.6. The van der Waals surface area contributed by atoms with E-state index in [1.54, 1.807) is 0 Å². The summed E-state index contributed by atoms with van der Waals surface area (Å²) in [5.74, 6) is -1.17. The second-order valence-electron chi connectivity index (χ2n) is 6.35. The van der Waals surface area contributed by atoms with Gasteiger partial charge in [-0.25, -0.2) is 4.79 Å². The van der Waals surface area contributed by atoms with Gasteiger partial charge in [-0.2, -0.15) is 0 Å². The Kier molecular flexibility index (Phi) is 11.2. The smallest absolute Gasteiger partial charge is 0.335 e. The topological polar surface area (TPSA) is 94.5 Å². The fraction of sp³-hybridized carbons (Fsp3) is 0.944. The van der Waals surface area contributed by atoms with Gasteiger partial charge in [0.1, 0.15) is 18.3 Å². The molecular weight excluding hydrogens is 328 g/mol. The number of hydrogen-bond acceptors (Lipinski definition) is 6. The average Bonchev–Trinajstić information content (AvgIpc) is 2.58. The molecule has 5 atom stereocenters. The minimum absolute atomic E-state index is 0.416. The van der Waals surface area contributed by atoms with Crippen molar-refractivity contribution in [1.82, 2.24) is 0 Å². The monoisotopic (exact) mass is 362 g/mol. The predicted octanol–water partition coefficient (Wildman–Crippen LogP) is 2.34. The van der Waals surface area contributed by atoms with Crippen LogP contribution in [-0.2, 0) is 23.7 Å². The highest BCUT2D eigenvalue weighted by molar-refractivity contribution is 5.73. The Hall–Kier alpha value is -0.730. The van der Waals surface area contributed by atoms with E-state index in [1.165, 1.54) is 0 Å². The first-order valence-corrected chi connectivity index (χ1v) is 9.47. The standard InChI is InChI=1S/C18H34O7/c1-4-7-10-22-13-14(23-11-8-5-2)16(24-12-9-6-3)18(21)25-15(13)17(19)20/h13-16,18,21H,4-12H2,1-3H3,(H,19,20)/t13-,14?,15?,16-,18+/m0/s1. The molecule has 0 saturated carbocycles. The van der Waals surface area contributed by atoms with Crippen LogP contribution in [0.4, 0.5) is 0 Å². The number of aliphatic hydroxyl groups excluding tert-OH is 1. The Morgan fingerprint density at radius 2 is 1.28 bits per heavy atom. The molecule has 1 heterocycles. The van der Waals surface area contributed by atoms with Crippen molar-refractivity contribution in [3.05, 3.63) is 0 Å². The molecule has 0 aromatic rings. The molecule has 148 valence electrons. The largest absolute Gasteiger partial charge is 0.479 e. The highest BCUT2D eigenvalue weighted by atomic mass is 16.7. The summed E-state index contributed by atoms with van der Waals surface area (Å²) in [4.78, 5) is 11.6. The number of hydrogen-bond donors (Lipinski definition) is 2. The van der Waals surface area contributed by atoms with Gasteiger partial charge in [0.25, 0.3) is 0 Å². The van der Waals surface area contributed by atoms with E-state index in [1.807, 2.05) is 20.8 Å². The van der Waals surface area contributed by atoms with Crippen LogP contribution in [0.1, 0.15) is 59.3 Å². The van der Waals surface area contributed by atoms with Crippen molar-refractivity contribution in [3.8, 4) is 0 Å². The minimum atomic E-state index is -1.35. The highest BCUT2D eigenvalue weighted by Gasteiger charge is 2.50. The number of rotatable bonds is 13. The van der Waals surface area contributed by atoms with Gasteiger partial charge >= 0.3 is 5.97 Å². The van der Waals surface area contributed by atoms with E-state index >= 15 is 0 Å². The van der Waals surface area contributed by atoms with Gasteiger partial charge in [0, 0.05) is 19.8 Å². The molecule has 7 heteroatoms. The van der Waals surface area contributed by atoms with E-state index in [4.69, 9.17) is 18.9 Å². The summed E-state index contributed by atoms with van der Waals surface area (Å²) < 4.78 is 22.8. The van der Waals surface area contributed by atoms with E-state index < -0.39 is 36.7 Å². The van der Waals surface area contributed by atoms with Crippen molar-refractivity contribution in [2.24, 2.45) is 0 Å². The molecule has 0 bridgehead atoms. The minimum Gasteiger partial charge on any atom is -0.479 e. The van der Waals surface area contributed by atoms with Crippen molar-refractivity contribution in [2.45, 2.75) is 90.0 Å². The maximum Gasteiger partial charge on any atom is 0.335 e. The fourth-order valence-electron chi connectivity index (χ4n) is 2.67. The van der Waals surface area contributed by atoms with Gasteiger partial charge < -0.3 is 29.2 Å². The Morgan fingerprint density at radius 3 is 1.72 bits per heavy atom. The fourth-order valence-corrected chi connectivity index (χ4v) is 2.67. The first kappa shape index (κ1) is 22.3. The lowest BCUT2D eigenvalue weighted by Crippen LogP contribution is -2.62. The van der Waals surface area contributed by atoms with Crippen LogP contribution in [-0.4, -0.2) is 66.7 Å². The third-order valence-corrected chi connectivity index (χ3v) is 4.18. The Labute approximate surface area is 150 Å². The van der Waals surface area contributed by atoms with Crippen molar-refractivity contribution in [2.75, 3.05) is 19.8 Å². The van der Waals surface area contributed by atoms with Gasteiger partial charge in [-0.15, -0.1) is 0 Å². The van der Waals surface area contributed by atoms with Crippen LogP contribution in [0.15, 0.2) is 0 Å². The van der Waals surface area contributed by atoms with Crippen LogP contribution in [0, 0.1) is 0 Å². The van der Waals surface area contributed by atoms with Gasteiger partial charge in [0.05, 0.1) is 0 Å². The van der Waals surface area contributed by atoms with Crippen LogP contribution < -0.4 is 0 Å². The summed E-state index contributed by atoms with van der Waals surface area (Å²) in [6.45, 7) is 7.46. The summed E-state index contributed by atoms with van der Waals surface area (Å²) in [5, 5.41) is 19.7. The third-order valence-electron chi connectivity index (χ3n) is 4.18. The third kappa shape index (κ3) is 7.19. The van der Waals surface area contributed by atoms with E-state index in [-0.39, 0.29) is 0 Å². The molecule has 0 radical (unpaired) electrons. The number of aliphatic carboxylic acids is 1. The molecule has 2 N–H and O–H groups in total. The number of carboxylic acids is 1. The number of unbranched alkanes of at least 4 members (excludes halogenated alkanes) is 3. The van der Waals surface area contributed by atoms with Crippen molar-refractivity contribution >= 4 is 5.97 Å². The molecule has 7 nitrogen and oxygen atoms in total. The molecule has 1 saturated heterocycles. The lowest BCUT2D eigenvalue weighted by molar-refractivity contribution is -0.303. The summed E-state index contributed by atoms with van der Waals surface area (Å²) in [6.07, 6.45) is 0.478. The lowest BCUT2D eigenvalue weighted by atomic mass is 9.98. The zero-order valence-electron chi connectivity index (χ0n) is 15.7. The van der Waals surface area contributed by atoms with Crippen molar-refractivity contribution in [3.63, 3.8) is 0 Å². The van der Waals surface area contributed by atoms with Crippen LogP contribution in [0.3, 0.4) is 0 Å². The molecule has 1 aliphatic rings. The van der Waals surface area contributed by atoms with Crippen molar-refractivity contribution < 1.29 is 34.0 Å². The van der Waals surface area contributed by atoms with Crippen LogP contribution in [0.2, 0.25) is 0 Å². The molecule has 25 heavy (non-hydrogen) atoms. The number of carboxylic acid groups (broad SMARTS) is 1. The molecule has 2 unspecified atom stereocenters. The highest BCUT2D eigenvalue weighted by Crippen LogP contribution is 2.28. The Balaban J connectivity index is 2.90. The Bertz CT molecular complexity index is 363. The zero-order valence-corrected chi connectivity index (χ0v) is 15.7. The number of carbonyl (C=O) groups is 1. The van der Waals surface area contributed by atoms with E-state index in [0.29, 0.717) is 19.8 Å². The molecule has 1 aliphatic heterocycles. The lowest BCUT2D eigenvalue weighted by Gasteiger charge is -2.43. The van der Waals surface area contributed by atoms with Gasteiger partial charge in [-0.3, -0.25) is 0 Å². The van der Waals surface area contributed by atoms with E-state index in [0.717, 1.165) is 38.5 Å². The normalized spacial score (nSPS) is 29.7. The predicted molar refractivity (Wildman–Crippen MR) is 92.5 cm³/mol. The average molecular weight is 362 g/mol. The van der Waals surface area contributed by atoms with Crippen LogP contribution in [0.5, 0.6) is 0 Å². The molecule has 0 aromatic heterocycles. The van der Waals surface area contributed by atoms with E-state index in [2.05, 4.69) is 0 Å². The molecule has 0 aliphatic carbocycles. The first-order chi connectivity index (χ1) is 12.1. The summed E-state index contributed by atoms with van der Waals surface area (Å²) >= 11 is 0. The summed E-state index contributed by atoms with van der Waals surface area (Å²) in [7, 11) is 0. The maximum absolute atomic E-state index is 11.6. The molecule has 0 spiro atoms. The van der Waals surface area contributed by atoms with Crippen molar-refractivity contribution in [1.29, 1.82) is 0 Å². The van der Waals surface area contributed by atoms with Gasteiger partial charge in [-0.05, 0) is 19.3 Å². The summed E-state index contributed by atoms with van der Waals surface area (Å²) in [5.41, 5.74) is 0. The number of aliphatic hydroxyl groups is 1. The zero-order chi connectivity index (χ0) is 18.7. The number of ether oxygens (including phenoxy) is 4. The summed E-state index contributed by atoms with van der Waals surface area (Å²) in [6, 6.07) is 0. The van der Waals surface area contributed by atoms with Gasteiger partial charge in [0.2, 0.25) is 0 Å². The van der Waals surface area contributed by atoms with E-state index in [9.17, 15) is 15.0 Å². The molecule has 1 fully saturated rings. The quantitative estimate of drug-likeness (QED) is 0.486. The first-order valence-electron chi connectivity index (χ1n) is 9.47. The second-order valence-corrected chi connectivity index (χ2v) is 6.35. The van der Waals surface area contributed by atoms with Gasteiger partial charge in [0.15, 0.2) is 12.4 Å². The maximum atomic E-state index is 11.6. The molecular formula is C18H34O7. The SMILES string of the molecule is CCCCOC1[C@H](OCCCC)C(C(=O)O)O[C@@H](O)[C@H]1OCCCC. The molecule has 0 aromatic carbocycles. The molecule has 1 rings (SSSR count).